The van der Waals surface area contributed by atoms with Gasteiger partial charge in [-0.2, -0.15) is 5.26 Å². The molecule has 3 aromatic rings. The highest BCUT2D eigenvalue weighted by Gasteiger charge is 2.41. The molecule has 5 nitrogen and oxygen atoms in total. The summed E-state index contributed by atoms with van der Waals surface area (Å²) in [4.78, 5) is 15.6. The largest absolute Gasteiger partial charge is 0.489 e. The number of hydrogen-bond acceptors (Lipinski definition) is 5. The Kier molecular flexibility index (Phi) is 7.50. The first-order valence-electron chi connectivity index (χ1n) is 13.4. The maximum absolute atomic E-state index is 13.6. The van der Waals surface area contributed by atoms with Gasteiger partial charge < -0.3 is 10.5 Å². The summed E-state index contributed by atoms with van der Waals surface area (Å²) in [6.07, 6.45) is 2.77. The summed E-state index contributed by atoms with van der Waals surface area (Å²) >= 11 is 6.02. The highest BCUT2D eigenvalue weighted by molar-refractivity contribution is 6.30. The van der Waals surface area contributed by atoms with E-state index in [1.807, 2.05) is 49.1 Å². The van der Waals surface area contributed by atoms with E-state index in [2.05, 4.69) is 31.2 Å². The zero-order chi connectivity index (χ0) is 27.7. The van der Waals surface area contributed by atoms with Crippen LogP contribution in [0.5, 0.6) is 5.75 Å². The molecule has 0 bridgehead atoms. The third-order valence-corrected chi connectivity index (χ3v) is 8.02. The molecule has 1 unspecified atom stereocenters. The number of aryl methyl sites for hydroxylation is 3. The lowest BCUT2D eigenvalue weighted by Gasteiger charge is -2.40. The van der Waals surface area contributed by atoms with Gasteiger partial charge in [0.15, 0.2) is 5.78 Å². The lowest BCUT2D eigenvalue weighted by Crippen LogP contribution is -2.39. The molecule has 0 amide bonds. The van der Waals surface area contributed by atoms with E-state index in [0.717, 1.165) is 64.2 Å². The van der Waals surface area contributed by atoms with Crippen LogP contribution in [0.3, 0.4) is 0 Å². The summed E-state index contributed by atoms with van der Waals surface area (Å²) in [5, 5.41) is 11.1. The fourth-order valence-corrected chi connectivity index (χ4v) is 5.90. The first kappa shape index (κ1) is 26.6. The van der Waals surface area contributed by atoms with E-state index in [4.69, 9.17) is 22.1 Å². The number of ether oxygens (including phenoxy) is 1. The standard InChI is InChI=1S/C33H32ClN3O2/c1-4-22-8-5-6-9-28(22)37-29-10-7-11-30(38)32(29)31(27(18-35)33(37)36)26-17-23(20(2)16-21(26)3)19-39-25-14-12-24(34)13-15-25/h5-6,8-9,12-17,31H,4,7,10-11,19,36H2,1-3H3. The normalized spacial score (nSPS) is 17.3. The lowest BCUT2D eigenvalue weighted by atomic mass is 9.74. The van der Waals surface area contributed by atoms with Crippen LogP contribution in [0.25, 0.3) is 0 Å². The molecule has 0 aromatic heterocycles. The van der Waals surface area contributed by atoms with Crippen LogP contribution in [-0.4, -0.2) is 5.78 Å². The third kappa shape index (κ3) is 4.93. The van der Waals surface area contributed by atoms with Crippen molar-refractivity contribution in [3.8, 4) is 11.8 Å². The zero-order valence-corrected chi connectivity index (χ0v) is 23.3. The topological polar surface area (TPSA) is 79.3 Å². The average molecular weight is 538 g/mol. The molecule has 0 radical (unpaired) electrons. The molecule has 5 rings (SSSR count). The molecule has 0 fully saturated rings. The number of nitrogens with two attached hydrogens (primary N) is 1. The monoisotopic (exact) mass is 537 g/mol. The van der Waals surface area contributed by atoms with Gasteiger partial charge in [0.05, 0.1) is 23.2 Å². The van der Waals surface area contributed by atoms with E-state index >= 15 is 0 Å². The Labute approximate surface area is 235 Å². The van der Waals surface area contributed by atoms with Gasteiger partial charge in [-0.05, 0) is 91.3 Å². The molecule has 2 N–H and O–H groups in total. The number of nitriles is 1. The van der Waals surface area contributed by atoms with Crippen LogP contribution in [0, 0.1) is 25.2 Å². The number of ketones is 1. The molecular weight excluding hydrogens is 506 g/mol. The Morgan fingerprint density at radius 2 is 1.79 bits per heavy atom. The fraction of sp³-hybridized carbons (Fsp3) is 0.273. The number of allylic oxidation sites excluding steroid dienone is 3. The highest BCUT2D eigenvalue weighted by atomic mass is 35.5. The fourth-order valence-electron chi connectivity index (χ4n) is 5.78. The predicted molar refractivity (Wildman–Crippen MR) is 155 cm³/mol. The second-order valence-corrected chi connectivity index (χ2v) is 10.6. The second-order valence-electron chi connectivity index (χ2n) is 10.2. The van der Waals surface area contributed by atoms with Crippen molar-refractivity contribution < 1.29 is 9.53 Å². The molecule has 1 atom stereocenters. The molecular formula is C33H32ClN3O2. The van der Waals surface area contributed by atoms with Gasteiger partial charge in [-0.3, -0.25) is 9.69 Å². The van der Waals surface area contributed by atoms with Crippen LogP contribution in [0.4, 0.5) is 5.69 Å². The van der Waals surface area contributed by atoms with E-state index in [9.17, 15) is 10.1 Å². The van der Waals surface area contributed by atoms with Gasteiger partial charge in [-0.25, -0.2) is 0 Å². The van der Waals surface area contributed by atoms with Gasteiger partial charge >= 0.3 is 0 Å². The quantitative estimate of drug-likeness (QED) is 0.354. The highest BCUT2D eigenvalue weighted by Crippen LogP contribution is 2.47. The summed E-state index contributed by atoms with van der Waals surface area (Å²) in [6.45, 7) is 6.53. The number of anilines is 1. The molecule has 6 heteroatoms. The number of nitrogens with zero attached hydrogens (tertiary/aromatic N) is 2. The van der Waals surface area contributed by atoms with E-state index in [1.54, 1.807) is 12.1 Å². The lowest BCUT2D eigenvalue weighted by molar-refractivity contribution is -0.116. The SMILES string of the molecule is CCc1ccccc1N1C(N)=C(C#N)C(c2cc(COc3ccc(Cl)cc3)c(C)cc2C)C2=C1CCCC2=O. The number of hydrogen-bond donors (Lipinski definition) is 1. The van der Waals surface area contributed by atoms with E-state index in [-0.39, 0.29) is 5.78 Å². The number of carbonyl (C=O) groups is 1. The van der Waals surface area contributed by atoms with Gasteiger partial charge in [0.2, 0.25) is 0 Å². The first-order valence-corrected chi connectivity index (χ1v) is 13.7. The predicted octanol–water partition coefficient (Wildman–Crippen LogP) is 7.40. The zero-order valence-electron chi connectivity index (χ0n) is 22.6. The Hall–Kier alpha value is -4.01. The number of para-hydroxylation sites is 1. The van der Waals surface area contributed by atoms with Crippen LogP contribution >= 0.6 is 11.6 Å². The Bertz CT molecular complexity index is 1550. The van der Waals surface area contributed by atoms with Crippen molar-refractivity contribution in [2.75, 3.05) is 4.90 Å². The van der Waals surface area contributed by atoms with Gasteiger partial charge in [-0.1, -0.05) is 48.9 Å². The number of rotatable bonds is 6. The molecule has 39 heavy (non-hydrogen) atoms. The number of carbonyl (C=O) groups excluding carboxylic acids is 1. The van der Waals surface area contributed by atoms with Crippen LogP contribution < -0.4 is 15.4 Å². The van der Waals surface area contributed by atoms with Crippen molar-refractivity contribution in [2.45, 2.75) is 59.0 Å². The van der Waals surface area contributed by atoms with Crippen molar-refractivity contribution in [1.29, 1.82) is 5.26 Å². The molecule has 1 aliphatic heterocycles. The molecule has 198 valence electrons. The number of Topliss-reactive ketones (excluding diaryl/α,β-unsaturated/α-hetero) is 1. The number of halogens is 1. The molecule has 3 aromatic carbocycles. The van der Waals surface area contributed by atoms with Crippen LogP contribution in [0.15, 0.2) is 83.3 Å². The van der Waals surface area contributed by atoms with E-state index in [1.165, 1.54) is 0 Å². The van der Waals surface area contributed by atoms with Crippen molar-refractivity contribution in [3.05, 3.63) is 116 Å². The van der Waals surface area contributed by atoms with Crippen molar-refractivity contribution >= 4 is 23.1 Å². The minimum absolute atomic E-state index is 0.0828. The molecule has 0 saturated carbocycles. The summed E-state index contributed by atoms with van der Waals surface area (Å²) in [6, 6.07) is 21.9. The van der Waals surface area contributed by atoms with Gasteiger partial charge in [-0.15, -0.1) is 0 Å². The number of benzene rings is 3. The Morgan fingerprint density at radius 1 is 1.05 bits per heavy atom. The maximum Gasteiger partial charge on any atom is 0.161 e. The molecule has 1 aliphatic carbocycles. The van der Waals surface area contributed by atoms with Crippen LogP contribution in [-0.2, 0) is 17.8 Å². The van der Waals surface area contributed by atoms with Gasteiger partial charge in [0, 0.05) is 22.7 Å². The Morgan fingerprint density at radius 3 is 2.51 bits per heavy atom. The average Bonchev–Trinajstić information content (AvgIpc) is 2.93. The first-order chi connectivity index (χ1) is 18.8. The maximum atomic E-state index is 13.6. The van der Waals surface area contributed by atoms with E-state index in [0.29, 0.717) is 35.0 Å². The van der Waals surface area contributed by atoms with Crippen molar-refractivity contribution in [3.63, 3.8) is 0 Å². The van der Waals surface area contributed by atoms with E-state index < -0.39 is 5.92 Å². The summed E-state index contributed by atoms with van der Waals surface area (Å²) in [7, 11) is 0. The summed E-state index contributed by atoms with van der Waals surface area (Å²) in [5.41, 5.74) is 14.9. The smallest absolute Gasteiger partial charge is 0.161 e. The molecule has 2 aliphatic rings. The summed E-state index contributed by atoms with van der Waals surface area (Å²) in [5.74, 6) is 0.686. The summed E-state index contributed by atoms with van der Waals surface area (Å²) < 4.78 is 6.07. The Balaban J connectivity index is 1.64. The van der Waals surface area contributed by atoms with Gasteiger partial charge in [0.25, 0.3) is 0 Å². The van der Waals surface area contributed by atoms with Crippen molar-refractivity contribution in [2.24, 2.45) is 5.73 Å². The third-order valence-electron chi connectivity index (χ3n) is 7.77. The van der Waals surface area contributed by atoms with Crippen LogP contribution in [0.1, 0.15) is 59.9 Å². The van der Waals surface area contributed by atoms with Crippen molar-refractivity contribution in [1.82, 2.24) is 0 Å². The second kappa shape index (κ2) is 11.0. The van der Waals surface area contributed by atoms with Gasteiger partial charge in [0.1, 0.15) is 18.2 Å². The molecule has 0 saturated heterocycles. The minimum Gasteiger partial charge on any atom is -0.489 e. The molecule has 0 spiro atoms. The molecule has 1 heterocycles. The minimum atomic E-state index is -0.516. The van der Waals surface area contributed by atoms with Crippen LogP contribution in [0.2, 0.25) is 5.02 Å².